The first kappa shape index (κ1) is 30.0. The number of amides is 1. The van der Waals surface area contributed by atoms with Gasteiger partial charge in [-0.3, -0.25) is 24.0 Å². The number of nitrogens with one attached hydrogen (secondary N) is 1. The fraction of sp³-hybridized carbons (Fsp3) is 0.345. The van der Waals surface area contributed by atoms with Crippen molar-refractivity contribution in [1.29, 1.82) is 0 Å². The summed E-state index contributed by atoms with van der Waals surface area (Å²) in [6.45, 7) is 4.40. The summed E-state index contributed by atoms with van der Waals surface area (Å²) in [5.74, 6) is -2.48. The summed E-state index contributed by atoms with van der Waals surface area (Å²) in [7, 11) is 0. The van der Waals surface area contributed by atoms with Crippen molar-refractivity contribution >= 4 is 35.7 Å². The molecule has 0 aromatic heterocycles. The summed E-state index contributed by atoms with van der Waals surface area (Å²) in [5, 5.41) is 2.63. The maximum absolute atomic E-state index is 12.6. The molecular formula is C29H31NO10. The molecule has 3 rings (SSSR count). The van der Waals surface area contributed by atoms with Crippen LogP contribution >= 0.6 is 0 Å². The Hall–Kier alpha value is -4.51. The van der Waals surface area contributed by atoms with E-state index in [0.717, 1.165) is 19.4 Å². The molecule has 2 aromatic rings. The van der Waals surface area contributed by atoms with Gasteiger partial charge in [0.25, 0.3) is 0 Å². The van der Waals surface area contributed by atoms with Crippen LogP contribution in [0, 0.1) is 0 Å². The molecule has 0 spiro atoms. The van der Waals surface area contributed by atoms with Crippen molar-refractivity contribution in [3.05, 3.63) is 71.8 Å². The normalized spacial score (nSPS) is 22.1. The van der Waals surface area contributed by atoms with Crippen LogP contribution in [0.1, 0.15) is 43.6 Å². The predicted octanol–water partition coefficient (Wildman–Crippen LogP) is 2.62. The minimum atomic E-state index is -1.26. The van der Waals surface area contributed by atoms with Crippen molar-refractivity contribution in [1.82, 2.24) is 5.32 Å². The van der Waals surface area contributed by atoms with E-state index in [-0.39, 0.29) is 18.1 Å². The van der Waals surface area contributed by atoms with Gasteiger partial charge in [0.1, 0.15) is 24.5 Å². The lowest BCUT2D eigenvalue weighted by Gasteiger charge is -2.44. The van der Waals surface area contributed by atoms with Gasteiger partial charge in [-0.1, -0.05) is 36.4 Å². The number of carbonyl (C=O) groups excluding carboxylic acids is 5. The SMILES string of the molecule is CC(=O)N[C@H]1[C@@H](Oc2ccc(C(=O)/C=C/c3ccccc3)cc2)O[C@@H](COC(C)=O)[C@@H](OC(C)=O)[C@@H]1OC(C)=O. The van der Waals surface area contributed by atoms with Crippen LogP contribution in [0.2, 0.25) is 0 Å². The molecule has 1 amide bonds. The minimum Gasteiger partial charge on any atom is -0.463 e. The Balaban J connectivity index is 1.86. The molecule has 11 nitrogen and oxygen atoms in total. The molecule has 11 heteroatoms. The first-order valence-electron chi connectivity index (χ1n) is 12.5. The van der Waals surface area contributed by atoms with Gasteiger partial charge in [0.15, 0.2) is 18.0 Å². The Morgan fingerprint density at radius 3 is 2.02 bits per heavy atom. The average molecular weight is 554 g/mol. The standard InChI is InChI=1S/C29H31NO10/c1-17(31)30-26-28(38-20(4)34)27(37-19(3)33)25(16-36-18(2)32)40-29(26)39-23-13-11-22(12-14-23)24(35)15-10-21-8-6-5-7-9-21/h5-15,25-29H,16H2,1-4H3,(H,30,31)/b15-10+/t25-,26+,27+,28+,29-/m0/s1. The van der Waals surface area contributed by atoms with Crippen molar-refractivity contribution in [2.24, 2.45) is 0 Å². The van der Waals surface area contributed by atoms with Crippen molar-refractivity contribution in [3.8, 4) is 5.75 Å². The molecular weight excluding hydrogens is 522 g/mol. The zero-order valence-corrected chi connectivity index (χ0v) is 22.5. The van der Waals surface area contributed by atoms with Crippen LogP contribution in [0.25, 0.3) is 6.08 Å². The molecule has 1 heterocycles. The van der Waals surface area contributed by atoms with E-state index in [4.69, 9.17) is 23.7 Å². The number of hydrogen-bond donors (Lipinski definition) is 1. The molecule has 1 aliphatic heterocycles. The van der Waals surface area contributed by atoms with E-state index >= 15 is 0 Å². The first-order valence-corrected chi connectivity index (χ1v) is 12.5. The van der Waals surface area contributed by atoms with E-state index in [2.05, 4.69) is 5.32 Å². The van der Waals surface area contributed by atoms with Crippen molar-refractivity contribution < 1.29 is 47.7 Å². The third kappa shape index (κ3) is 8.77. The predicted molar refractivity (Wildman–Crippen MR) is 141 cm³/mol. The lowest BCUT2D eigenvalue weighted by Crippen LogP contribution is -2.67. The zero-order valence-electron chi connectivity index (χ0n) is 22.5. The second-order valence-corrected chi connectivity index (χ2v) is 8.97. The van der Waals surface area contributed by atoms with Crippen LogP contribution in [-0.2, 0) is 38.1 Å². The van der Waals surface area contributed by atoms with Crippen LogP contribution in [-0.4, -0.2) is 66.8 Å². The van der Waals surface area contributed by atoms with Gasteiger partial charge in [-0.15, -0.1) is 0 Å². The Kier molecular flexibility index (Phi) is 10.5. The van der Waals surface area contributed by atoms with Gasteiger partial charge in [-0.2, -0.15) is 0 Å². The number of esters is 3. The number of carbonyl (C=O) groups is 5. The van der Waals surface area contributed by atoms with E-state index in [9.17, 15) is 24.0 Å². The molecule has 1 saturated heterocycles. The van der Waals surface area contributed by atoms with Crippen molar-refractivity contribution in [3.63, 3.8) is 0 Å². The highest BCUT2D eigenvalue weighted by Crippen LogP contribution is 2.29. The summed E-state index contributed by atoms with van der Waals surface area (Å²) < 4.78 is 27.9. The summed E-state index contributed by atoms with van der Waals surface area (Å²) >= 11 is 0. The largest absolute Gasteiger partial charge is 0.463 e. The maximum Gasteiger partial charge on any atom is 0.303 e. The number of hydrogen-bond acceptors (Lipinski definition) is 10. The van der Waals surface area contributed by atoms with Gasteiger partial charge in [0.05, 0.1) is 0 Å². The van der Waals surface area contributed by atoms with Crippen LogP contribution < -0.4 is 10.1 Å². The maximum atomic E-state index is 12.6. The number of allylic oxidation sites excluding steroid dienone is 1. The topological polar surface area (TPSA) is 144 Å². The number of benzene rings is 2. The highest BCUT2D eigenvalue weighted by molar-refractivity contribution is 6.06. The smallest absolute Gasteiger partial charge is 0.303 e. The van der Waals surface area contributed by atoms with Gasteiger partial charge in [-0.05, 0) is 35.9 Å². The van der Waals surface area contributed by atoms with Gasteiger partial charge >= 0.3 is 17.9 Å². The fourth-order valence-electron chi connectivity index (χ4n) is 4.06. The second kappa shape index (κ2) is 14.0. The van der Waals surface area contributed by atoms with Crippen molar-refractivity contribution in [2.45, 2.75) is 58.3 Å². The van der Waals surface area contributed by atoms with Crippen LogP contribution in [0.5, 0.6) is 5.75 Å². The first-order chi connectivity index (χ1) is 19.0. The van der Waals surface area contributed by atoms with Crippen molar-refractivity contribution in [2.75, 3.05) is 6.61 Å². The van der Waals surface area contributed by atoms with Gasteiger partial charge in [0.2, 0.25) is 12.2 Å². The summed E-state index contributed by atoms with van der Waals surface area (Å²) in [6.07, 6.45) is -1.67. The third-order valence-electron chi connectivity index (χ3n) is 5.69. The third-order valence-corrected chi connectivity index (χ3v) is 5.69. The molecule has 0 saturated carbocycles. The summed E-state index contributed by atoms with van der Waals surface area (Å²) in [5.41, 5.74) is 1.29. The highest BCUT2D eigenvalue weighted by atomic mass is 16.7. The minimum absolute atomic E-state index is 0.221. The quantitative estimate of drug-likeness (QED) is 0.202. The molecule has 1 fully saturated rings. The Morgan fingerprint density at radius 1 is 0.825 bits per heavy atom. The molecule has 0 aliphatic carbocycles. The summed E-state index contributed by atoms with van der Waals surface area (Å²) in [4.78, 5) is 60.0. The molecule has 1 aliphatic rings. The Bertz CT molecular complexity index is 1240. The Morgan fingerprint density at radius 2 is 1.45 bits per heavy atom. The van der Waals surface area contributed by atoms with E-state index in [1.165, 1.54) is 32.1 Å². The monoisotopic (exact) mass is 553 g/mol. The highest BCUT2D eigenvalue weighted by Gasteiger charge is 2.51. The van der Waals surface area contributed by atoms with E-state index in [0.29, 0.717) is 5.56 Å². The van der Waals surface area contributed by atoms with Crippen LogP contribution in [0.3, 0.4) is 0 Å². The average Bonchev–Trinajstić information content (AvgIpc) is 2.89. The van der Waals surface area contributed by atoms with E-state index in [1.54, 1.807) is 18.2 Å². The molecule has 40 heavy (non-hydrogen) atoms. The lowest BCUT2D eigenvalue weighted by atomic mass is 9.96. The summed E-state index contributed by atoms with van der Waals surface area (Å²) in [6, 6.07) is 14.5. The molecule has 0 radical (unpaired) electrons. The fourth-order valence-corrected chi connectivity index (χ4v) is 4.06. The molecule has 5 atom stereocenters. The molecule has 212 valence electrons. The van der Waals surface area contributed by atoms with Gasteiger partial charge < -0.3 is 29.0 Å². The molecule has 0 unspecified atom stereocenters. The lowest BCUT2D eigenvalue weighted by molar-refractivity contribution is -0.257. The zero-order chi connectivity index (χ0) is 29.2. The van der Waals surface area contributed by atoms with Gasteiger partial charge in [-0.25, -0.2) is 0 Å². The molecule has 1 N–H and O–H groups in total. The molecule has 2 aromatic carbocycles. The molecule has 0 bridgehead atoms. The van der Waals surface area contributed by atoms with Crippen LogP contribution in [0.4, 0.5) is 0 Å². The second-order valence-electron chi connectivity index (χ2n) is 8.97. The van der Waals surface area contributed by atoms with E-state index < -0.39 is 54.5 Å². The number of ether oxygens (including phenoxy) is 5. The number of rotatable bonds is 10. The Labute approximate surface area is 231 Å². The van der Waals surface area contributed by atoms with Crippen LogP contribution in [0.15, 0.2) is 60.7 Å². The van der Waals surface area contributed by atoms with E-state index in [1.807, 2.05) is 30.3 Å². The number of ketones is 1. The van der Waals surface area contributed by atoms with Gasteiger partial charge in [0, 0.05) is 33.3 Å².